The van der Waals surface area contributed by atoms with E-state index in [0.29, 0.717) is 39.9 Å². The van der Waals surface area contributed by atoms with Crippen LogP contribution in [-0.4, -0.2) is 41.2 Å². The van der Waals surface area contributed by atoms with Crippen LogP contribution in [0.3, 0.4) is 0 Å². The summed E-state index contributed by atoms with van der Waals surface area (Å²) in [6.07, 6.45) is 10.8. The van der Waals surface area contributed by atoms with Crippen molar-refractivity contribution in [3.8, 4) is 22.8 Å². The van der Waals surface area contributed by atoms with Crippen molar-refractivity contribution in [1.82, 2.24) is 9.88 Å². The molecule has 1 aliphatic rings. The number of amidine groups is 1. The molecule has 6 nitrogen and oxygen atoms in total. The van der Waals surface area contributed by atoms with Gasteiger partial charge in [-0.2, -0.15) is 4.99 Å². The number of benzene rings is 2. The summed E-state index contributed by atoms with van der Waals surface area (Å²) >= 11 is 2.79. The fraction of sp³-hybridized carbons (Fsp3) is 0.323. The summed E-state index contributed by atoms with van der Waals surface area (Å²) in [5, 5.41) is 3.17. The summed E-state index contributed by atoms with van der Waals surface area (Å²) in [5.41, 5.74) is 2.76. The van der Waals surface area contributed by atoms with Gasteiger partial charge in [0.15, 0.2) is 16.7 Å². The highest BCUT2D eigenvalue weighted by atomic mass is 32.2. The minimum Gasteiger partial charge on any atom is -0.493 e. The molecule has 0 radical (unpaired) electrons. The molecule has 2 heterocycles. The summed E-state index contributed by atoms with van der Waals surface area (Å²) in [6.45, 7) is 7.07. The van der Waals surface area contributed by atoms with Crippen LogP contribution in [0.15, 0.2) is 76.5 Å². The van der Waals surface area contributed by atoms with E-state index in [2.05, 4.69) is 18.5 Å². The van der Waals surface area contributed by atoms with Crippen LogP contribution in [-0.2, 0) is 4.79 Å². The average molecular weight is 562 g/mol. The number of carbonyl (C=O) groups excluding carboxylic acids is 1. The minimum atomic E-state index is -0.110. The van der Waals surface area contributed by atoms with E-state index in [-0.39, 0.29) is 5.91 Å². The standard InChI is InChI=1S/C31H35N3O3S2/c1-4-6-7-8-9-13-19-37-26-17-16-23(20-27(26)36-3)21-28-29(35)34(18-5-2)31(39-28)33-30-32-25(22-38-30)24-14-11-10-12-15-24/h5,10-12,14-17,20-22H,2,4,6-9,13,18-19H2,1,3H3/b28-21-,33-31+. The summed E-state index contributed by atoms with van der Waals surface area (Å²) in [4.78, 5) is 24.8. The molecular weight excluding hydrogens is 526 g/mol. The number of unbranched alkanes of at least 4 members (excludes halogenated alkanes) is 5. The number of aliphatic imine (C=N–C) groups is 1. The van der Waals surface area contributed by atoms with Gasteiger partial charge in [-0.1, -0.05) is 81.5 Å². The zero-order valence-electron chi connectivity index (χ0n) is 22.6. The zero-order chi connectivity index (χ0) is 27.5. The number of carbonyl (C=O) groups is 1. The Hall–Kier alpha value is -3.36. The molecule has 39 heavy (non-hydrogen) atoms. The Bertz CT molecular complexity index is 1320. The third kappa shape index (κ3) is 7.83. The highest BCUT2D eigenvalue weighted by Crippen LogP contribution is 2.37. The second-order valence-electron chi connectivity index (χ2n) is 9.12. The second kappa shape index (κ2) is 14.7. The number of methoxy groups -OCH3 is 1. The van der Waals surface area contributed by atoms with Crippen molar-refractivity contribution < 1.29 is 14.3 Å². The van der Waals surface area contributed by atoms with Crippen molar-refractivity contribution in [1.29, 1.82) is 0 Å². The Balaban J connectivity index is 1.46. The van der Waals surface area contributed by atoms with E-state index in [1.54, 1.807) is 18.1 Å². The largest absolute Gasteiger partial charge is 0.493 e. The fourth-order valence-electron chi connectivity index (χ4n) is 4.13. The first-order valence-electron chi connectivity index (χ1n) is 13.4. The number of thiazole rings is 1. The van der Waals surface area contributed by atoms with Crippen molar-refractivity contribution in [3.05, 3.63) is 77.0 Å². The van der Waals surface area contributed by atoms with E-state index in [4.69, 9.17) is 14.5 Å². The minimum absolute atomic E-state index is 0.110. The van der Waals surface area contributed by atoms with Crippen LogP contribution < -0.4 is 9.47 Å². The first kappa shape index (κ1) is 28.6. The molecule has 1 aliphatic heterocycles. The quantitative estimate of drug-likeness (QED) is 0.112. The Kier molecular flexibility index (Phi) is 10.8. The van der Waals surface area contributed by atoms with Gasteiger partial charge in [-0.05, 0) is 42.0 Å². The number of ether oxygens (including phenoxy) is 2. The molecule has 0 spiro atoms. The molecule has 0 aliphatic carbocycles. The number of hydrogen-bond acceptors (Lipinski definition) is 7. The lowest BCUT2D eigenvalue weighted by atomic mass is 10.1. The molecule has 0 saturated carbocycles. The summed E-state index contributed by atoms with van der Waals surface area (Å²) < 4.78 is 11.6. The van der Waals surface area contributed by atoms with Gasteiger partial charge >= 0.3 is 0 Å². The predicted octanol–water partition coefficient (Wildman–Crippen LogP) is 8.35. The number of aromatic nitrogens is 1. The highest BCUT2D eigenvalue weighted by Gasteiger charge is 2.33. The third-order valence-electron chi connectivity index (χ3n) is 6.19. The van der Waals surface area contributed by atoms with Crippen LogP contribution in [0.25, 0.3) is 17.3 Å². The van der Waals surface area contributed by atoms with Crippen LogP contribution in [0, 0.1) is 0 Å². The molecule has 3 aromatic rings. The maximum atomic E-state index is 13.3. The summed E-state index contributed by atoms with van der Waals surface area (Å²) in [5.74, 6) is 1.26. The Morgan fingerprint density at radius 1 is 1.05 bits per heavy atom. The number of nitrogens with zero attached hydrogens (tertiary/aromatic N) is 3. The van der Waals surface area contributed by atoms with E-state index in [1.165, 1.54) is 55.2 Å². The Labute approximate surface area is 239 Å². The van der Waals surface area contributed by atoms with Gasteiger partial charge in [0.25, 0.3) is 5.91 Å². The van der Waals surface area contributed by atoms with Gasteiger partial charge in [-0.25, -0.2) is 4.98 Å². The van der Waals surface area contributed by atoms with E-state index < -0.39 is 0 Å². The third-order valence-corrected chi connectivity index (χ3v) is 7.93. The summed E-state index contributed by atoms with van der Waals surface area (Å²) in [7, 11) is 1.63. The lowest BCUT2D eigenvalue weighted by molar-refractivity contribution is -0.121. The van der Waals surface area contributed by atoms with Crippen LogP contribution in [0.2, 0.25) is 0 Å². The van der Waals surface area contributed by atoms with Crippen molar-refractivity contribution in [2.45, 2.75) is 45.4 Å². The van der Waals surface area contributed by atoms with Gasteiger partial charge in [-0.15, -0.1) is 17.9 Å². The van der Waals surface area contributed by atoms with E-state index >= 15 is 0 Å². The number of thioether (sulfide) groups is 1. The lowest BCUT2D eigenvalue weighted by Crippen LogP contribution is -2.29. The van der Waals surface area contributed by atoms with Crippen LogP contribution in [0.5, 0.6) is 11.5 Å². The maximum absolute atomic E-state index is 13.3. The van der Waals surface area contributed by atoms with Gasteiger partial charge in [0.05, 0.1) is 24.3 Å². The lowest BCUT2D eigenvalue weighted by Gasteiger charge is -2.12. The smallest absolute Gasteiger partial charge is 0.267 e. The highest BCUT2D eigenvalue weighted by molar-refractivity contribution is 8.18. The zero-order valence-corrected chi connectivity index (χ0v) is 24.2. The first-order valence-corrected chi connectivity index (χ1v) is 15.0. The molecule has 204 valence electrons. The molecule has 0 N–H and O–H groups in total. The molecule has 1 amide bonds. The van der Waals surface area contributed by atoms with Crippen molar-refractivity contribution in [3.63, 3.8) is 0 Å². The second-order valence-corrected chi connectivity index (χ2v) is 11.0. The van der Waals surface area contributed by atoms with E-state index in [0.717, 1.165) is 23.2 Å². The SMILES string of the molecule is C=CCN1C(=O)/C(=C/c2ccc(OCCCCCCCC)c(OC)c2)S/C1=N/c1nc(-c2ccccc2)cs1. The van der Waals surface area contributed by atoms with Gasteiger partial charge in [0, 0.05) is 17.5 Å². The van der Waals surface area contributed by atoms with Gasteiger partial charge < -0.3 is 9.47 Å². The molecule has 8 heteroatoms. The summed E-state index contributed by atoms with van der Waals surface area (Å²) in [6, 6.07) is 15.7. The van der Waals surface area contributed by atoms with Crippen LogP contribution in [0.4, 0.5) is 5.13 Å². The number of rotatable bonds is 14. The van der Waals surface area contributed by atoms with Crippen molar-refractivity contribution in [2.75, 3.05) is 20.3 Å². The van der Waals surface area contributed by atoms with E-state index in [9.17, 15) is 4.79 Å². The molecular formula is C31H35N3O3S2. The van der Waals surface area contributed by atoms with Crippen molar-refractivity contribution >= 4 is 45.4 Å². The molecule has 4 rings (SSSR count). The molecule has 1 fully saturated rings. The monoisotopic (exact) mass is 561 g/mol. The Morgan fingerprint density at radius 2 is 1.85 bits per heavy atom. The predicted molar refractivity (Wildman–Crippen MR) is 164 cm³/mol. The average Bonchev–Trinajstić information content (AvgIpc) is 3.54. The molecule has 2 aromatic carbocycles. The number of hydrogen-bond donors (Lipinski definition) is 0. The van der Waals surface area contributed by atoms with Crippen LogP contribution in [0.1, 0.15) is 51.0 Å². The van der Waals surface area contributed by atoms with Gasteiger partial charge in [0.1, 0.15) is 0 Å². The van der Waals surface area contributed by atoms with E-state index in [1.807, 2.05) is 60.0 Å². The Morgan fingerprint density at radius 3 is 2.62 bits per heavy atom. The van der Waals surface area contributed by atoms with Crippen molar-refractivity contribution in [2.24, 2.45) is 4.99 Å². The molecule has 0 atom stereocenters. The molecule has 1 aromatic heterocycles. The molecule has 0 unspecified atom stereocenters. The van der Waals surface area contributed by atoms with Gasteiger partial charge in [-0.3, -0.25) is 9.69 Å². The topological polar surface area (TPSA) is 64.0 Å². The first-order chi connectivity index (χ1) is 19.1. The normalized spacial score (nSPS) is 15.3. The van der Waals surface area contributed by atoms with Crippen LogP contribution >= 0.6 is 23.1 Å². The molecule has 1 saturated heterocycles. The number of amides is 1. The fourth-order valence-corrected chi connectivity index (χ4v) is 5.87. The van der Waals surface area contributed by atoms with Gasteiger partial charge in [0.2, 0.25) is 5.13 Å². The molecule has 0 bridgehead atoms. The maximum Gasteiger partial charge on any atom is 0.267 e.